The lowest BCUT2D eigenvalue weighted by Gasteiger charge is -2.06. The molecule has 28 heavy (non-hydrogen) atoms. The van der Waals surface area contributed by atoms with E-state index in [9.17, 15) is 14.4 Å². The lowest BCUT2D eigenvalue weighted by molar-refractivity contribution is 0.0606. The van der Waals surface area contributed by atoms with Crippen molar-refractivity contribution in [1.82, 2.24) is 15.1 Å². The summed E-state index contributed by atoms with van der Waals surface area (Å²) >= 11 is 1.06. The predicted molar refractivity (Wildman–Crippen MR) is 104 cm³/mol. The summed E-state index contributed by atoms with van der Waals surface area (Å²) in [4.78, 5) is 36.5. The molecule has 0 saturated carbocycles. The molecule has 2 heterocycles. The minimum Gasteiger partial charge on any atom is -0.465 e. The largest absolute Gasteiger partial charge is 0.465 e. The normalized spacial score (nSPS) is 10.5. The monoisotopic (exact) mass is 402 g/mol. The maximum absolute atomic E-state index is 12.3. The number of methoxy groups -OCH3 is 1. The molecule has 0 aliphatic carbocycles. The van der Waals surface area contributed by atoms with Crippen LogP contribution in [0.4, 0.5) is 15.4 Å². The fourth-order valence-electron chi connectivity index (χ4n) is 2.44. The molecule has 146 valence electrons. The molecule has 0 fully saturated rings. The second kappa shape index (κ2) is 8.53. The van der Waals surface area contributed by atoms with E-state index in [2.05, 4.69) is 15.7 Å². The van der Waals surface area contributed by atoms with Crippen LogP contribution < -0.4 is 10.6 Å². The number of aromatic nitrogens is 2. The van der Waals surface area contributed by atoms with Crippen LogP contribution in [0.3, 0.4) is 0 Å². The molecule has 10 heteroatoms. The third-order valence-corrected chi connectivity index (χ3v) is 4.82. The topological polar surface area (TPSA) is 112 Å². The van der Waals surface area contributed by atoms with Crippen molar-refractivity contribution in [3.05, 3.63) is 46.8 Å². The summed E-state index contributed by atoms with van der Waals surface area (Å²) in [5, 5.41) is 9.44. The summed E-state index contributed by atoms with van der Waals surface area (Å²) in [6, 6.07) is 10.4. The number of anilines is 1. The lowest BCUT2D eigenvalue weighted by Crippen LogP contribution is -2.28. The van der Waals surface area contributed by atoms with Gasteiger partial charge in [-0.15, -0.1) is 16.4 Å². The van der Waals surface area contributed by atoms with Crippen molar-refractivity contribution in [2.24, 2.45) is 0 Å². The van der Waals surface area contributed by atoms with Gasteiger partial charge in [0.2, 0.25) is 0 Å². The number of benzene rings is 1. The van der Waals surface area contributed by atoms with Gasteiger partial charge in [0.1, 0.15) is 4.88 Å². The summed E-state index contributed by atoms with van der Waals surface area (Å²) in [6.45, 7) is 2.16. The van der Waals surface area contributed by atoms with Crippen LogP contribution in [-0.4, -0.2) is 41.6 Å². The second-order valence-electron chi connectivity index (χ2n) is 5.57. The number of urea groups is 1. The Labute approximate surface area is 164 Å². The Hall–Kier alpha value is -3.40. The Morgan fingerprint density at radius 1 is 1.21 bits per heavy atom. The minimum absolute atomic E-state index is 0.147. The molecule has 3 aromatic rings. The third-order valence-electron chi connectivity index (χ3n) is 3.71. The number of hydrogen-bond donors (Lipinski definition) is 2. The van der Waals surface area contributed by atoms with E-state index in [1.165, 1.54) is 13.2 Å². The van der Waals surface area contributed by atoms with Gasteiger partial charge in [0.05, 0.1) is 23.9 Å². The van der Waals surface area contributed by atoms with Gasteiger partial charge in [0.25, 0.3) is 0 Å². The summed E-state index contributed by atoms with van der Waals surface area (Å²) in [5.41, 5.74) is 1.28. The van der Waals surface area contributed by atoms with Gasteiger partial charge in [-0.3, -0.25) is 5.32 Å². The van der Waals surface area contributed by atoms with E-state index in [1.807, 2.05) is 30.3 Å². The highest BCUT2D eigenvalue weighted by Crippen LogP contribution is 2.32. The summed E-state index contributed by atoms with van der Waals surface area (Å²) in [6.07, 6.45) is -0.709. The molecular weight excluding hydrogens is 384 g/mol. The van der Waals surface area contributed by atoms with E-state index in [4.69, 9.17) is 9.47 Å². The SMILES string of the molecule is CCOC(=O)n1nc(NC(=O)NCc2ccccc2)c2sc(C(=O)OC)cc21. The van der Waals surface area contributed by atoms with Crippen molar-refractivity contribution < 1.29 is 23.9 Å². The number of thiophene rings is 1. The number of carbonyl (C=O) groups is 3. The van der Waals surface area contributed by atoms with Crippen molar-refractivity contribution in [1.29, 1.82) is 0 Å². The number of fused-ring (bicyclic) bond motifs is 1. The summed E-state index contributed by atoms with van der Waals surface area (Å²) in [5.74, 6) is -0.398. The third kappa shape index (κ3) is 4.12. The highest BCUT2D eigenvalue weighted by Gasteiger charge is 2.23. The predicted octanol–water partition coefficient (Wildman–Crippen LogP) is 3.21. The van der Waals surface area contributed by atoms with Gasteiger partial charge in [0.15, 0.2) is 5.82 Å². The summed E-state index contributed by atoms with van der Waals surface area (Å²) in [7, 11) is 1.26. The molecule has 0 aliphatic rings. The molecule has 2 aromatic heterocycles. The number of hydrogen-bond acceptors (Lipinski definition) is 7. The number of ether oxygens (including phenoxy) is 2. The average molecular weight is 402 g/mol. The molecule has 0 radical (unpaired) electrons. The number of nitrogens with one attached hydrogen (secondary N) is 2. The number of amides is 2. The van der Waals surface area contributed by atoms with E-state index < -0.39 is 18.1 Å². The second-order valence-corrected chi connectivity index (χ2v) is 6.62. The number of nitrogens with zero attached hydrogens (tertiary/aromatic N) is 2. The van der Waals surface area contributed by atoms with Crippen LogP contribution in [0, 0.1) is 0 Å². The quantitative estimate of drug-likeness (QED) is 0.634. The first kappa shape index (κ1) is 19.4. The van der Waals surface area contributed by atoms with Crippen molar-refractivity contribution in [2.45, 2.75) is 13.5 Å². The first-order valence-corrected chi connectivity index (χ1v) is 9.22. The van der Waals surface area contributed by atoms with Crippen LogP contribution in [0.5, 0.6) is 0 Å². The van der Waals surface area contributed by atoms with Crippen molar-refractivity contribution in [2.75, 3.05) is 19.0 Å². The zero-order valence-corrected chi connectivity index (χ0v) is 16.0. The van der Waals surface area contributed by atoms with Crippen LogP contribution in [0.15, 0.2) is 36.4 Å². The van der Waals surface area contributed by atoms with Gasteiger partial charge in [-0.1, -0.05) is 30.3 Å². The van der Waals surface area contributed by atoms with Crippen LogP contribution in [0.2, 0.25) is 0 Å². The van der Waals surface area contributed by atoms with Crippen molar-refractivity contribution in [3.63, 3.8) is 0 Å². The van der Waals surface area contributed by atoms with Gasteiger partial charge in [-0.25, -0.2) is 14.4 Å². The van der Waals surface area contributed by atoms with E-state index in [1.54, 1.807) is 6.92 Å². The van der Waals surface area contributed by atoms with E-state index in [-0.39, 0.29) is 17.3 Å². The Bertz CT molecular complexity index is 1010. The van der Waals surface area contributed by atoms with Gasteiger partial charge in [-0.05, 0) is 18.6 Å². The number of carbonyl (C=O) groups excluding carboxylic acids is 3. The Morgan fingerprint density at radius 3 is 2.64 bits per heavy atom. The Kier molecular flexibility index (Phi) is 5.90. The molecule has 0 aliphatic heterocycles. The molecule has 9 nitrogen and oxygen atoms in total. The van der Waals surface area contributed by atoms with E-state index in [0.717, 1.165) is 21.6 Å². The first-order valence-electron chi connectivity index (χ1n) is 8.40. The van der Waals surface area contributed by atoms with Gasteiger partial charge in [0, 0.05) is 6.54 Å². The van der Waals surface area contributed by atoms with Gasteiger partial charge < -0.3 is 14.8 Å². The summed E-state index contributed by atoms with van der Waals surface area (Å²) < 4.78 is 11.2. The molecule has 0 unspecified atom stereocenters. The number of rotatable bonds is 5. The van der Waals surface area contributed by atoms with Crippen LogP contribution in [-0.2, 0) is 16.0 Å². The van der Waals surface area contributed by atoms with Crippen LogP contribution in [0.1, 0.15) is 22.2 Å². The fourth-order valence-corrected chi connectivity index (χ4v) is 3.44. The smallest absolute Gasteiger partial charge is 0.435 e. The lowest BCUT2D eigenvalue weighted by atomic mass is 10.2. The van der Waals surface area contributed by atoms with Gasteiger partial charge >= 0.3 is 18.1 Å². The average Bonchev–Trinajstić information content (AvgIpc) is 3.27. The maximum Gasteiger partial charge on any atom is 0.435 e. The van der Waals surface area contributed by atoms with Gasteiger partial charge in [-0.2, -0.15) is 4.68 Å². The molecule has 0 atom stereocenters. The molecule has 1 aromatic carbocycles. The zero-order chi connectivity index (χ0) is 20.1. The highest BCUT2D eigenvalue weighted by atomic mass is 32.1. The molecule has 0 saturated heterocycles. The molecule has 0 bridgehead atoms. The molecule has 2 N–H and O–H groups in total. The van der Waals surface area contributed by atoms with Crippen molar-refractivity contribution >= 4 is 45.5 Å². The van der Waals surface area contributed by atoms with Crippen LogP contribution >= 0.6 is 11.3 Å². The first-order chi connectivity index (χ1) is 13.5. The Morgan fingerprint density at radius 2 is 1.96 bits per heavy atom. The maximum atomic E-state index is 12.3. The fraction of sp³-hybridized carbons (Fsp3) is 0.222. The molecular formula is C18H18N4O5S. The van der Waals surface area contributed by atoms with E-state index in [0.29, 0.717) is 16.8 Å². The zero-order valence-electron chi connectivity index (χ0n) is 15.2. The number of esters is 1. The molecule has 2 amide bonds. The Balaban J connectivity index is 1.84. The standard InChI is InChI=1S/C18H18N4O5S/c1-3-27-18(25)22-12-9-13(16(23)26-2)28-14(12)15(21-22)20-17(24)19-10-11-7-5-4-6-8-11/h4-9H,3,10H2,1-2H3,(H2,19,20,21,24). The van der Waals surface area contributed by atoms with Crippen LogP contribution in [0.25, 0.3) is 10.2 Å². The molecule has 3 rings (SSSR count). The molecule has 0 spiro atoms. The highest BCUT2D eigenvalue weighted by molar-refractivity contribution is 7.21. The van der Waals surface area contributed by atoms with E-state index >= 15 is 0 Å². The van der Waals surface area contributed by atoms with Crippen molar-refractivity contribution in [3.8, 4) is 0 Å². The minimum atomic E-state index is -0.709.